The first-order valence-corrected chi connectivity index (χ1v) is 7.64. The molecule has 0 fully saturated rings. The number of hydrogen-bond acceptors (Lipinski definition) is 2. The van der Waals surface area contributed by atoms with Crippen molar-refractivity contribution in [2.75, 3.05) is 0 Å². The highest BCUT2D eigenvalue weighted by Gasteiger charge is 2.12. The lowest BCUT2D eigenvalue weighted by Gasteiger charge is -2.13. The van der Waals surface area contributed by atoms with E-state index in [4.69, 9.17) is 5.73 Å². The number of benzene rings is 1. The molecule has 112 valence electrons. The Kier molecular flexibility index (Phi) is 7.31. The number of rotatable bonds is 8. The van der Waals surface area contributed by atoms with Gasteiger partial charge in [0.2, 0.25) is 5.91 Å². The van der Waals surface area contributed by atoms with Crippen molar-refractivity contribution in [3.05, 3.63) is 35.4 Å². The fraction of sp³-hybridized carbons (Fsp3) is 0.588. The smallest absolute Gasteiger partial charge is 0.223 e. The third-order valence-electron chi connectivity index (χ3n) is 3.64. The van der Waals surface area contributed by atoms with Crippen LogP contribution in [0.1, 0.15) is 51.2 Å². The van der Waals surface area contributed by atoms with Crippen LogP contribution in [0.25, 0.3) is 0 Å². The van der Waals surface area contributed by atoms with Crippen molar-refractivity contribution in [2.45, 2.75) is 59.0 Å². The van der Waals surface area contributed by atoms with Crippen LogP contribution in [0.4, 0.5) is 0 Å². The SMILES string of the molecule is CCc1ccc(CNC(=O)C(C)CCCC(C)N)cc1. The molecule has 0 saturated carbocycles. The second kappa shape index (κ2) is 8.75. The van der Waals surface area contributed by atoms with Gasteiger partial charge in [0.15, 0.2) is 0 Å². The van der Waals surface area contributed by atoms with Crippen molar-refractivity contribution in [1.29, 1.82) is 0 Å². The van der Waals surface area contributed by atoms with E-state index in [9.17, 15) is 4.79 Å². The largest absolute Gasteiger partial charge is 0.352 e. The van der Waals surface area contributed by atoms with Crippen LogP contribution in [0.15, 0.2) is 24.3 Å². The normalized spacial score (nSPS) is 13.8. The van der Waals surface area contributed by atoms with E-state index >= 15 is 0 Å². The summed E-state index contributed by atoms with van der Waals surface area (Å²) in [5.74, 6) is 0.193. The third-order valence-corrected chi connectivity index (χ3v) is 3.64. The summed E-state index contributed by atoms with van der Waals surface area (Å²) in [5.41, 5.74) is 8.19. The van der Waals surface area contributed by atoms with Crippen LogP contribution in [0.5, 0.6) is 0 Å². The minimum atomic E-state index is 0.0589. The van der Waals surface area contributed by atoms with Gasteiger partial charge in [-0.3, -0.25) is 4.79 Å². The van der Waals surface area contributed by atoms with E-state index in [0.29, 0.717) is 6.54 Å². The van der Waals surface area contributed by atoms with Gasteiger partial charge in [-0.1, -0.05) is 44.5 Å². The minimum absolute atomic E-state index is 0.0589. The van der Waals surface area contributed by atoms with E-state index in [2.05, 4.69) is 36.5 Å². The summed E-state index contributed by atoms with van der Waals surface area (Å²) in [6, 6.07) is 8.63. The van der Waals surface area contributed by atoms with Gasteiger partial charge in [-0.05, 0) is 37.3 Å². The summed E-state index contributed by atoms with van der Waals surface area (Å²) in [4.78, 5) is 12.0. The number of carbonyl (C=O) groups excluding carboxylic acids is 1. The van der Waals surface area contributed by atoms with Gasteiger partial charge < -0.3 is 11.1 Å². The molecule has 2 atom stereocenters. The van der Waals surface area contributed by atoms with Crippen molar-refractivity contribution >= 4 is 5.91 Å². The van der Waals surface area contributed by atoms with Gasteiger partial charge in [-0.25, -0.2) is 0 Å². The Morgan fingerprint density at radius 3 is 2.30 bits per heavy atom. The molecule has 0 aliphatic rings. The molecule has 0 aromatic heterocycles. The van der Waals surface area contributed by atoms with Crippen molar-refractivity contribution in [3.8, 4) is 0 Å². The Morgan fingerprint density at radius 2 is 1.75 bits per heavy atom. The van der Waals surface area contributed by atoms with Crippen molar-refractivity contribution in [1.82, 2.24) is 5.32 Å². The molecule has 0 bridgehead atoms. The summed E-state index contributed by atoms with van der Waals surface area (Å²) in [6.07, 6.45) is 3.94. The standard InChI is InChI=1S/C17H28N2O/c1-4-15-8-10-16(11-9-15)12-19-17(20)13(2)6-5-7-14(3)18/h8-11,13-14H,4-7,12,18H2,1-3H3,(H,19,20). The van der Waals surface area contributed by atoms with Gasteiger partial charge in [0, 0.05) is 18.5 Å². The van der Waals surface area contributed by atoms with Crippen LogP contribution in [-0.2, 0) is 17.8 Å². The highest BCUT2D eigenvalue weighted by Crippen LogP contribution is 2.10. The maximum atomic E-state index is 12.0. The lowest BCUT2D eigenvalue weighted by atomic mass is 10.0. The van der Waals surface area contributed by atoms with Crippen LogP contribution >= 0.6 is 0 Å². The van der Waals surface area contributed by atoms with E-state index in [1.807, 2.05) is 13.8 Å². The molecule has 0 spiro atoms. The Bertz CT molecular complexity index is 398. The monoisotopic (exact) mass is 276 g/mol. The molecule has 3 heteroatoms. The maximum absolute atomic E-state index is 12.0. The zero-order valence-corrected chi connectivity index (χ0v) is 13.0. The van der Waals surface area contributed by atoms with E-state index in [1.165, 1.54) is 5.56 Å². The molecule has 1 aromatic carbocycles. The van der Waals surface area contributed by atoms with Gasteiger partial charge in [0.05, 0.1) is 0 Å². The first kappa shape index (κ1) is 16.7. The Hall–Kier alpha value is -1.35. The summed E-state index contributed by atoms with van der Waals surface area (Å²) >= 11 is 0. The van der Waals surface area contributed by atoms with Gasteiger partial charge in [0.25, 0.3) is 0 Å². The van der Waals surface area contributed by atoms with Crippen LogP contribution in [-0.4, -0.2) is 11.9 Å². The number of carbonyl (C=O) groups is 1. The fourth-order valence-electron chi connectivity index (χ4n) is 2.13. The predicted octanol–water partition coefficient (Wildman–Crippen LogP) is 3.02. The number of nitrogens with one attached hydrogen (secondary N) is 1. The molecule has 1 rings (SSSR count). The summed E-state index contributed by atoms with van der Waals surface area (Å²) in [7, 11) is 0. The summed E-state index contributed by atoms with van der Waals surface area (Å²) < 4.78 is 0. The van der Waals surface area contributed by atoms with E-state index < -0.39 is 0 Å². The topological polar surface area (TPSA) is 55.1 Å². The predicted molar refractivity (Wildman–Crippen MR) is 84.3 cm³/mol. The average molecular weight is 276 g/mol. The van der Waals surface area contributed by atoms with Crippen LogP contribution in [0.3, 0.4) is 0 Å². The zero-order valence-electron chi connectivity index (χ0n) is 13.0. The molecule has 3 N–H and O–H groups in total. The van der Waals surface area contributed by atoms with E-state index in [-0.39, 0.29) is 17.9 Å². The Balaban J connectivity index is 2.30. The number of amides is 1. The Labute approximate surface area is 122 Å². The number of nitrogens with two attached hydrogens (primary N) is 1. The molecule has 1 amide bonds. The summed E-state index contributed by atoms with van der Waals surface area (Å²) in [6.45, 7) is 6.74. The molecule has 1 aromatic rings. The Morgan fingerprint density at radius 1 is 1.15 bits per heavy atom. The first-order chi connectivity index (χ1) is 9.52. The third kappa shape index (κ3) is 6.20. The average Bonchev–Trinajstić information content (AvgIpc) is 2.44. The molecule has 2 unspecified atom stereocenters. The van der Waals surface area contributed by atoms with Crippen molar-refractivity contribution < 1.29 is 4.79 Å². The molecule has 0 radical (unpaired) electrons. The first-order valence-electron chi connectivity index (χ1n) is 7.64. The molecule has 0 saturated heterocycles. The van der Waals surface area contributed by atoms with Gasteiger partial charge in [0.1, 0.15) is 0 Å². The van der Waals surface area contributed by atoms with E-state index in [1.54, 1.807) is 0 Å². The quantitative estimate of drug-likeness (QED) is 0.767. The molecule has 0 aliphatic heterocycles. The highest BCUT2D eigenvalue weighted by molar-refractivity contribution is 5.78. The van der Waals surface area contributed by atoms with Gasteiger partial charge in [-0.2, -0.15) is 0 Å². The van der Waals surface area contributed by atoms with Crippen molar-refractivity contribution in [2.24, 2.45) is 11.7 Å². The molecule has 0 aliphatic carbocycles. The second-order valence-electron chi connectivity index (χ2n) is 5.70. The van der Waals surface area contributed by atoms with Gasteiger partial charge in [-0.15, -0.1) is 0 Å². The maximum Gasteiger partial charge on any atom is 0.223 e. The molecular weight excluding hydrogens is 248 g/mol. The molecule has 3 nitrogen and oxygen atoms in total. The summed E-state index contributed by atoms with van der Waals surface area (Å²) in [5, 5.41) is 3.00. The lowest BCUT2D eigenvalue weighted by Crippen LogP contribution is -2.29. The van der Waals surface area contributed by atoms with E-state index in [0.717, 1.165) is 31.2 Å². The molecule has 20 heavy (non-hydrogen) atoms. The second-order valence-corrected chi connectivity index (χ2v) is 5.70. The van der Waals surface area contributed by atoms with Crippen LogP contribution in [0, 0.1) is 5.92 Å². The lowest BCUT2D eigenvalue weighted by molar-refractivity contribution is -0.124. The zero-order chi connectivity index (χ0) is 15.0. The highest BCUT2D eigenvalue weighted by atomic mass is 16.1. The van der Waals surface area contributed by atoms with Crippen molar-refractivity contribution in [3.63, 3.8) is 0 Å². The number of aryl methyl sites for hydroxylation is 1. The van der Waals surface area contributed by atoms with Crippen LogP contribution < -0.4 is 11.1 Å². The fourth-order valence-corrected chi connectivity index (χ4v) is 2.13. The van der Waals surface area contributed by atoms with Gasteiger partial charge >= 0.3 is 0 Å². The van der Waals surface area contributed by atoms with Crippen LogP contribution in [0.2, 0.25) is 0 Å². The number of hydrogen-bond donors (Lipinski definition) is 2. The minimum Gasteiger partial charge on any atom is -0.352 e. The molecular formula is C17H28N2O. The molecule has 0 heterocycles.